The highest BCUT2D eigenvalue weighted by Gasteiger charge is 2.58. The Labute approximate surface area is 204 Å². The number of methoxy groups -OCH3 is 1. The summed E-state index contributed by atoms with van der Waals surface area (Å²) in [4.78, 5) is 16.7. The van der Waals surface area contributed by atoms with E-state index in [1.165, 1.54) is 18.4 Å². The van der Waals surface area contributed by atoms with Crippen molar-refractivity contribution >= 4 is 5.91 Å². The second-order valence-electron chi connectivity index (χ2n) is 11.9. The monoisotopic (exact) mass is 472 g/mol. The molecule has 5 nitrogen and oxygen atoms in total. The second kappa shape index (κ2) is 9.09. The minimum atomic E-state index is -1.51. The molecule has 0 N–H and O–H groups in total. The van der Waals surface area contributed by atoms with Gasteiger partial charge >= 0.3 is 0 Å². The fraction of sp³-hybridized carbons (Fsp3) is 0.750. The number of carbonyl (C=O) groups excluding carboxylic acids is 1. The number of para-hydroxylation sites is 1. The van der Waals surface area contributed by atoms with E-state index in [-0.39, 0.29) is 16.9 Å². The van der Waals surface area contributed by atoms with Crippen LogP contribution in [0.1, 0.15) is 76.7 Å². The fourth-order valence-corrected chi connectivity index (χ4v) is 6.32. The maximum atomic E-state index is 14.1. The number of carbonyl (C=O) groups is 1. The first-order valence-electron chi connectivity index (χ1n) is 13.2. The highest BCUT2D eigenvalue weighted by atomic mass is 19.1. The summed E-state index contributed by atoms with van der Waals surface area (Å²) >= 11 is 0. The van der Waals surface area contributed by atoms with Crippen LogP contribution in [-0.2, 0) is 9.53 Å². The lowest BCUT2D eigenvalue weighted by atomic mass is 9.77. The van der Waals surface area contributed by atoms with E-state index >= 15 is 0 Å². The average Bonchev–Trinajstić information content (AvgIpc) is 3.41. The summed E-state index contributed by atoms with van der Waals surface area (Å²) in [6.07, 6.45) is 7.56. The first-order chi connectivity index (χ1) is 16.2. The molecule has 5 rings (SSSR count). The summed E-state index contributed by atoms with van der Waals surface area (Å²) in [5.74, 6) is 1.32. The number of halogens is 1. The molecule has 2 heterocycles. The normalized spacial score (nSPS) is 26.5. The number of nitrogens with zero attached hydrogens (tertiary/aromatic N) is 2. The van der Waals surface area contributed by atoms with Crippen molar-refractivity contribution in [3.63, 3.8) is 0 Å². The highest BCUT2D eigenvalue weighted by molar-refractivity contribution is 5.88. The summed E-state index contributed by atoms with van der Waals surface area (Å²) in [6, 6.07) is 9.14. The van der Waals surface area contributed by atoms with Gasteiger partial charge in [-0.2, -0.15) is 0 Å². The molecular weight excluding hydrogens is 431 g/mol. The summed E-state index contributed by atoms with van der Waals surface area (Å²) in [5, 5.41) is 0. The van der Waals surface area contributed by atoms with Crippen LogP contribution in [0, 0.1) is 5.41 Å². The van der Waals surface area contributed by atoms with Crippen LogP contribution in [0.4, 0.5) is 4.39 Å². The minimum Gasteiger partial charge on any atom is -0.493 e. The van der Waals surface area contributed by atoms with Gasteiger partial charge in [-0.1, -0.05) is 18.2 Å². The van der Waals surface area contributed by atoms with Crippen LogP contribution in [0.15, 0.2) is 24.3 Å². The van der Waals surface area contributed by atoms with E-state index < -0.39 is 5.67 Å². The predicted molar refractivity (Wildman–Crippen MR) is 131 cm³/mol. The Morgan fingerprint density at radius 3 is 2.50 bits per heavy atom. The van der Waals surface area contributed by atoms with E-state index in [0.717, 1.165) is 57.6 Å². The number of hydrogen-bond acceptors (Lipinski definition) is 4. The lowest BCUT2D eigenvalue weighted by molar-refractivity contribution is -0.150. The van der Waals surface area contributed by atoms with Gasteiger partial charge in [0.2, 0.25) is 0 Å². The first-order valence-corrected chi connectivity index (χ1v) is 13.2. The molecule has 1 atom stereocenters. The van der Waals surface area contributed by atoms with Crippen LogP contribution in [0.3, 0.4) is 0 Å². The number of hydrogen-bond donors (Lipinski definition) is 0. The molecule has 2 aliphatic heterocycles. The molecule has 2 saturated heterocycles. The largest absolute Gasteiger partial charge is 0.493 e. The first kappa shape index (κ1) is 24.1. The molecule has 188 valence electrons. The quantitative estimate of drug-likeness (QED) is 0.537. The maximum absolute atomic E-state index is 14.1. The number of likely N-dealkylation sites (tertiary alicyclic amines) is 2. The summed E-state index contributed by atoms with van der Waals surface area (Å²) in [5.41, 5.74) is -0.0940. The van der Waals surface area contributed by atoms with Crippen molar-refractivity contribution in [1.82, 2.24) is 9.80 Å². The Hall–Kier alpha value is -1.66. The van der Waals surface area contributed by atoms with Crippen LogP contribution in [0.2, 0.25) is 0 Å². The Bertz CT molecular complexity index is 885. The van der Waals surface area contributed by atoms with E-state index in [4.69, 9.17) is 9.47 Å². The van der Waals surface area contributed by atoms with E-state index in [1.54, 1.807) is 12.0 Å². The van der Waals surface area contributed by atoms with Crippen molar-refractivity contribution in [2.45, 2.75) is 88.4 Å². The van der Waals surface area contributed by atoms with Gasteiger partial charge in [-0.25, -0.2) is 4.39 Å². The standard InChI is InChI=1S/C28H41FN2O3/c1-26(2,33-3)14-17-34-24-7-5-4-6-23(24)21-9-15-30(16-10-21)22-8-11-27(18-22)19-31(20-27)25(32)28(29)12-13-28/h4-7,21-22H,8-20H2,1-3H3. The number of rotatable bonds is 8. The van der Waals surface area contributed by atoms with Gasteiger partial charge in [-0.3, -0.25) is 4.79 Å². The summed E-state index contributed by atoms with van der Waals surface area (Å²) in [7, 11) is 1.75. The molecule has 6 heteroatoms. The molecular formula is C28H41FN2O3. The van der Waals surface area contributed by atoms with Gasteiger partial charge in [0.15, 0.2) is 5.67 Å². The lowest BCUT2D eigenvalue weighted by Crippen LogP contribution is -2.60. The van der Waals surface area contributed by atoms with Gasteiger partial charge < -0.3 is 19.3 Å². The smallest absolute Gasteiger partial charge is 0.260 e. The van der Waals surface area contributed by atoms with Gasteiger partial charge in [0.1, 0.15) is 5.75 Å². The Balaban J connectivity index is 1.10. The SMILES string of the molecule is COC(C)(C)CCOc1ccccc1C1CCN(C2CCC3(C2)CN(C(=O)C2(F)CC2)C3)CC1. The molecule has 1 aromatic rings. The Morgan fingerprint density at radius 1 is 1.12 bits per heavy atom. The molecule has 34 heavy (non-hydrogen) atoms. The molecule has 0 radical (unpaired) electrons. The third-order valence-corrected chi connectivity index (χ3v) is 9.01. The number of piperidine rings is 1. The van der Waals surface area contributed by atoms with Crippen molar-refractivity contribution in [1.29, 1.82) is 0 Å². The van der Waals surface area contributed by atoms with E-state index in [2.05, 4.69) is 43.0 Å². The molecule has 1 aromatic carbocycles. The molecule has 1 unspecified atom stereocenters. The minimum absolute atomic E-state index is 0.172. The molecule has 4 fully saturated rings. The van der Waals surface area contributed by atoms with E-state index in [0.29, 0.717) is 31.4 Å². The van der Waals surface area contributed by atoms with Gasteiger partial charge in [-0.15, -0.1) is 0 Å². The average molecular weight is 473 g/mol. The van der Waals surface area contributed by atoms with Crippen LogP contribution < -0.4 is 4.74 Å². The molecule has 0 bridgehead atoms. The molecule has 1 amide bonds. The topological polar surface area (TPSA) is 42.0 Å². The lowest BCUT2D eigenvalue weighted by Gasteiger charge is -2.49. The third kappa shape index (κ3) is 4.86. The van der Waals surface area contributed by atoms with Crippen molar-refractivity contribution in [2.24, 2.45) is 5.41 Å². The van der Waals surface area contributed by atoms with Crippen molar-refractivity contribution in [3.8, 4) is 5.75 Å². The zero-order chi connectivity index (χ0) is 24.0. The fourth-order valence-electron chi connectivity index (χ4n) is 6.32. The Morgan fingerprint density at radius 2 is 1.82 bits per heavy atom. The van der Waals surface area contributed by atoms with Crippen molar-refractivity contribution < 1.29 is 18.7 Å². The van der Waals surface area contributed by atoms with Gasteiger partial charge in [0.05, 0.1) is 12.2 Å². The zero-order valence-corrected chi connectivity index (χ0v) is 21.2. The van der Waals surface area contributed by atoms with Crippen LogP contribution in [-0.4, -0.2) is 72.9 Å². The van der Waals surface area contributed by atoms with E-state index in [9.17, 15) is 9.18 Å². The van der Waals surface area contributed by atoms with Gasteiger partial charge in [0.25, 0.3) is 5.91 Å². The van der Waals surface area contributed by atoms with Crippen LogP contribution in [0.25, 0.3) is 0 Å². The van der Waals surface area contributed by atoms with Crippen molar-refractivity contribution in [3.05, 3.63) is 29.8 Å². The molecule has 2 saturated carbocycles. The number of ether oxygens (including phenoxy) is 2. The Kier molecular flexibility index (Phi) is 6.43. The van der Waals surface area contributed by atoms with Crippen molar-refractivity contribution in [2.75, 3.05) is 39.9 Å². The number of benzene rings is 1. The van der Waals surface area contributed by atoms with Gasteiger partial charge in [-0.05, 0) is 89.4 Å². The molecule has 0 aromatic heterocycles. The van der Waals surface area contributed by atoms with Crippen LogP contribution >= 0.6 is 0 Å². The number of amides is 1. The summed E-state index contributed by atoms with van der Waals surface area (Å²) in [6.45, 7) is 8.62. The highest BCUT2D eigenvalue weighted by Crippen LogP contribution is 2.51. The molecule has 4 aliphatic rings. The maximum Gasteiger partial charge on any atom is 0.260 e. The molecule has 2 aliphatic carbocycles. The van der Waals surface area contributed by atoms with Gasteiger partial charge in [0, 0.05) is 38.1 Å². The number of alkyl halides is 1. The zero-order valence-electron chi connectivity index (χ0n) is 21.2. The second-order valence-corrected chi connectivity index (χ2v) is 11.9. The van der Waals surface area contributed by atoms with E-state index in [1.807, 2.05) is 0 Å². The predicted octanol–water partition coefficient (Wildman–Crippen LogP) is 4.94. The molecule has 1 spiro atoms. The van der Waals surface area contributed by atoms with Crippen LogP contribution in [0.5, 0.6) is 5.75 Å². The third-order valence-electron chi connectivity index (χ3n) is 9.01. The summed E-state index contributed by atoms with van der Waals surface area (Å²) < 4.78 is 25.9.